The Morgan fingerprint density at radius 3 is 2.79 bits per heavy atom. The van der Waals surface area contributed by atoms with Gasteiger partial charge in [0.05, 0.1) is 16.2 Å². The molecule has 0 atom stereocenters. The Kier molecular flexibility index (Phi) is 1.86. The highest BCUT2D eigenvalue weighted by Crippen LogP contribution is 2.28. The van der Waals surface area contributed by atoms with Crippen LogP contribution in [0.2, 0.25) is 5.02 Å². The van der Waals surface area contributed by atoms with E-state index in [1.807, 2.05) is 0 Å². The number of rotatable bonds is 0. The molecule has 0 aliphatic heterocycles. The molecule has 0 saturated carbocycles. The van der Waals surface area contributed by atoms with Gasteiger partial charge in [0.2, 0.25) is 0 Å². The van der Waals surface area contributed by atoms with Crippen LogP contribution in [-0.4, -0.2) is 15.8 Å². The van der Waals surface area contributed by atoms with Crippen molar-refractivity contribution in [3.8, 4) is 0 Å². The van der Waals surface area contributed by atoms with Crippen molar-refractivity contribution < 1.29 is 9.90 Å². The lowest BCUT2D eigenvalue weighted by atomic mass is 10.2. The Morgan fingerprint density at radius 1 is 1.43 bits per heavy atom. The molecule has 0 saturated heterocycles. The SMILES string of the molecule is Nc1c(Cl)ccc2c1ccn2C(=O)O. The lowest BCUT2D eigenvalue weighted by molar-refractivity contribution is 0.197. The van der Waals surface area contributed by atoms with Crippen LogP contribution in [0, 0.1) is 0 Å². The number of nitrogen functional groups attached to an aromatic ring is 1. The monoisotopic (exact) mass is 210 g/mol. The number of hydrogen-bond acceptors (Lipinski definition) is 2. The highest BCUT2D eigenvalue weighted by atomic mass is 35.5. The fraction of sp³-hybridized carbons (Fsp3) is 0. The van der Waals surface area contributed by atoms with Gasteiger partial charge in [0.1, 0.15) is 0 Å². The van der Waals surface area contributed by atoms with Crippen LogP contribution in [-0.2, 0) is 0 Å². The van der Waals surface area contributed by atoms with Gasteiger partial charge in [-0.1, -0.05) is 11.6 Å². The predicted molar refractivity (Wildman–Crippen MR) is 54.8 cm³/mol. The van der Waals surface area contributed by atoms with Crippen LogP contribution in [0.5, 0.6) is 0 Å². The van der Waals surface area contributed by atoms with Crippen molar-refractivity contribution in [2.75, 3.05) is 5.73 Å². The smallest absolute Gasteiger partial charge is 0.416 e. The number of nitrogens with zero attached hydrogens (tertiary/aromatic N) is 1. The minimum Gasteiger partial charge on any atom is -0.464 e. The van der Waals surface area contributed by atoms with E-state index in [2.05, 4.69) is 0 Å². The second-order valence-corrected chi connectivity index (χ2v) is 3.27. The number of aromatic nitrogens is 1. The second kappa shape index (κ2) is 2.92. The first kappa shape index (κ1) is 8.90. The van der Waals surface area contributed by atoms with Crippen molar-refractivity contribution in [2.24, 2.45) is 0 Å². The van der Waals surface area contributed by atoms with Crippen molar-refractivity contribution in [1.29, 1.82) is 0 Å². The Morgan fingerprint density at radius 2 is 2.14 bits per heavy atom. The number of carbonyl (C=O) groups is 1. The lowest BCUT2D eigenvalue weighted by Gasteiger charge is -2.01. The van der Waals surface area contributed by atoms with Gasteiger partial charge in [-0.25, -0.2) is 4.79 Å². The first-order chi connectivity index (χ1) is 6.61. The molecule has 0 amide bonds. The summed E-state index contributed by atoms with van der Waals surface area (Å²) in [5.74, 6) is 0. The van der Waals surface area contributed by atoms with E-state index < -0.39 is 6.09 Å². The van der Waals surface area contributed by atoms with Crippen LogP contribution in [0.15, 0.2) is 24.4 Å². The Bertz CT molecular complexity index is 519. The number of hydrogen-bond donors (Lipinski definition) is 2. The van der Waals surface area contributed by atoms with Gasteiger partial charge in [0, 0.05) is 11.6 Å². The summed E-state index contributed by atoms with van der Waals surface area (Å²) >= 11 is 5.79. The third kappa shape index (κ3) is 1.12. The molecule has 72 valence electrons. The maximum atomic E-state index is 10.8. The molecule has 4 nitrogen and oxygen atoms in total. The number of anilines is 1. The summed E-state index contributed by atoms with van der Waals surface area (Å²) < 4.78 is 1.10. The summed E-state index contributed by atoms with van der Waals surface area (Å²) in [6.45, 7) is 0. The normalized spacial score (nSPS) is 10.6. The largest absolute Gasteiger partial charge is 0.464 e. The zero-order chi connectivity index (χ0) is 10.3. The predicted octanol–water partition coefficient (Wildman–Crippen LogP) is 2.40. The molecule has 0 aliphatic rings. The van der Waals surface area contributed by atoms with E-state index in [1.165, 1.54) is 6.20 Å². The fourth-order valence-corrected chi connectivity index (χ4v) is 1.54. The van der Waals surface area contributed by atoms with Gasteiger partial charge in [0.15, 0.2) is 0 Å². The summed E-state index contributed by atoms with van der Waals surface area (Å²) in [5.41, 5.74) is 6.64. The van der Waals surface area contributed by atoms with Crippen molar-refractivity contribution in [1.82, 2.24) is 4.57 Å². The summed E-state index contributed by atoms with van der Waals surface area (Å²) in [7, 11) is 0. The molecule has 14 heavy (non-hydrogen) atoms. The fourth-order valence-electron chi connectivity index (χ4n) is 1.38. The molecule has 0 bridgehead atoms. The molecule has 1 heterocycles. The minimum absolute atomic E-state index is 0.407. The van der Waals surface area contributed by atoms with Crippen LogP contribution in [0.25, 0.3) is 10.9 Å². The van der Waals surface area contributed by atoms with Crippen LogP contribution in [0.3, 0.4) is 0 Å². The second-order valence-electron chi connectivity index (χ2n) is 2.86. The van der Waals surface area contributed by atoms with E-state index in [4.69, 9.17) is 22.4 Å². The number of nitrogens with two attached hydrogens (primary N) is 1. The molecule has 0 radical (unpaired) electrons. The van der Waals surface area contributed by atoms with Crippen molar-refractivity contribution in [3.63, 3.8) is 0 Å². The molecule has 0 unspecified atom stereocenters. The number of carboxylic acid groups (broad SMARTS) is 1. The molecule has 5 heteroatoms. The van der Waals surface area contributed by atoms with Gasteiger partial charge in [-0.15, -0.1) is 0 Å². The zero-order valence-corrected chi connectivity index (χ0v) is 7.82. The summed E-state index contributed by atoms with van der Waals surface area (Å²) in [4.78, 5) is 10.8. The Labute approximate surface area is 84.5 Å². The molecule has 2 aromatic rings. The van der Waals surface area contributed by atoms with E-state index >= 15 is 0 Å². The standard InChI is InChI=1S/C9H7ClN2O2/c10-6-1-2-7-5(8(6)11)3-4-12(7)9(13)14/h1-4H,11H2,(H,13,14). The van der Waals surface area contributed by atoms with E-state index in [9.17, 15) is 4.79 Å². The topological polar surface area (TPSA) is 68.2 Å². The quantitative estimate of drug-likeness (QED) is 0.656. The highest BCUT2D eigenvalue weighted by molar-refractivity contribution is 6.34. The van der Waals surface area contributed by atoms with Crippen LogP contribution in [0.4, 0.5) is 10.5 Å². The van der Waals surface area contributed by atoms with Crippen molar-refractivity contribution >= 4 is 34.3 Å². The van der Waals surface area contributed by atoms with Crippen LogP contribution in [0.1, 0.15) is 0 Å². The third-order valence-electron chi connectivity index (χ3n) is 2.07. The van der Waals surface area contributed by atoms with Crippen molar-refractivity contribution in [3.05, 3.63) is 29.4 Å². The average molecular weight is 211 g/mol. The number of benzene rings is 1. The first-order valence-corrected chi connectivity index (χ1v) is 4.27. The van der Waals surface area contributed by atoms with Crippen LogP contribution >= 0.6 is 11.6 Å². The molecule has 2 rings (SSSR count). The zero-order valence-electron chi connectivity index (χ0n) is 7.07. The van der Waals surface area contributed by atoms with Gasteiger partial charge >= 0.3 is 6.09 Å². The first-order valence-electron chi connectivity index (χ1n) is 3.89. The van der Waals surface area contributed by atoms with E-state index in [0.717, 1.165) is 4.57 Å². The minimum atomic E-state index is -1.04. The van der Waals surface area contributed by atoms with E-state index in [1.54, 1.807) is 18.2 Å². The number of halogens is 1. The summed E-state index contributed by atoms with van der Waals surface area (Å²) in [5, 5.41) is 9.90. The molecular weight excluding hydrogens is 204 g/mol. The third-order valence-corrected chi connectivity index (χ3v) is 2.40. The molecule has 3 N–H and O–H groups in total. The van der Waals surface area contributed by atoms with Gasteiger partial charge in [-0.05, 0) is 18.2 Å². The Hall–Kier alpha value is -1.68. The molecule has 1 aromatic carbocycles. The Balaban J connectivity index is 2.83. The summed E-state index contributed by atoms with van der Waals surface area (Å²) in [6, 6.07) is 4.84. The maximum Gasteiger partial charge on any atom is 0.416 e. The van der Waals surface area contributed by atoms with Gasteiger partial charge < -0.3 is 10.8 Å². The van der Waals surface area contributed by atoms with Gasteiger partial charge in [-0.2, -0.15) is 0 Å². The number of fused-ring (bicyclic) bond motifs is 1. The molecule has 0 aliphatic carbocycles. The molecule has 0 fully saturated rings. The molecule has 0 spiro atoms. The van der Waals surface area contributed by atoms with E-state index in [0.29, 0.717) is 21.6 Å². The summed E-state index contributed by atoms with van der Waals surface area (Å²) in [6.07, 6.45) is 0.404. The van der Waals surface area contributed by atoms with Crippen molar-refractivity contribution in [2.45, 2.75) is 0 Å². The van der Waals surface area contributed by atoms with Gasteiger partial charge in [-0.3, -0.25) is 4.57 Å². The molecular formula is C9H7ClN2O2. The van der Waals surface area contributed by atoms with Crippen LogP contribution < -0.4 is 5.73 Å². The maximum absolute atomic E-state index is 10.8. The van der Waals surface area contributed by atoms with Gasteiger partial charge in [0.25, 0.3) is 0 Å². The molecule has 1 aromatic heterocycles. The average Bonchev–Trinajstić information content (AvgIpc) is 2.55. The highest BCUT2D eigenvalue weighted by Gasteiger charge is 2.09. The van der Waals surface area contributed by atoms with E-state index in [-0.39, 0.29) is 0 Å². The lowest BCUT2D eigenvalue weighted by Crippen LogP contribution is -2.05.